The van der Waals surface area contributed by atoms with Gasteiger partial charge in [-0.3, -0.25) is 0 Å². The molecule has 0 amide bonds. The van der Waals surface area contributed by atoms with Gasteiger partial charge >= 0.3 is 0 Å². The van der Waals surface area contributed by atoms with Crippen molar-refractivity contribution in [2.45, 2.75) is 40.2 Å². The summed E-state index contributed by atoms with van der Waals surface area (Å²) >= 11 is 0. The quantitative estimate of drug-likeness (QED) is 0.815. The highest BCUT2D eigenvalue weighted by Gasteiger charge is 2.21. The van der Waals surface area contributed by atoms with Gasteiger partial charge in [0.2, 0.25) is 0 Å². The third-order valence-electron chi connectivity index (χ3n) is 3.62. The summed E-state index contributed by atoms with van der Waals surface area (Å²) < 4.78 is 26.8. The van der Waals surface area contributed by atoms with Crippen LogP contribution in [-0.4, -0.2) is 12.6 Å². The first-order valence-electron chi connectivity index (χ1n) is 6.63. The van der Waals surface area contributed by atoms with E-state index in [9.17, 15) is 8.78 Å². The maximum Gasteiger partial charge on any atom is 0.162 e. The molecule has 0 aliphatic rings. The van der Waals surface area contributed by atoms with Crippen molar-refractivity contribution < 1.29 is 8.78 Å². The molecule has 0 heterocycles. The molecule has 1 nitrogen and oxygen atoms in total. The van der Waals surface area contributed by atoms with Gasteiger partial charge in [0.05, 0.1) is 0 Å². The summed E-state index contributed by atoms with van der Waals surface area (Å²) in [6.45, 7) is 9.31. The van der Waals surface area contributed by atoms with Gasteiger partial charge in [-0.1, -0.05) is 39.8 Å². The standard InChI is InChI=1S/C15H23F2N/c1-5-18-14(11(4)10(2)3)9-12-7-6-8-13(16)15(12)17/h6-8,10-11,14,18H,5,9H2,1-4H3. The zero-order valence-corrected chi connectivity index (χ0v) is 11.6. The van der Waals surface area contributed by atoms with Gasteiger partial charge in [-0.2, -0.15) is 0 Å². The summed E-state index contributed by atoms with van der Waals surface area (Å²) in [4.78, 5) is 0. The van der Waals surface area contributed by atoms with Crippen molar-refractivity contribution in [2.24, 2.45) is 11.8 Å². The summed E-state index contributed by atoms with van der Waals surface area (Å²) in [5.41, 5.74) is 0.452. The third-order valence-corrected chi connectivity index (χ3v) is 3.62. The van der Waals surface area contributed by atoms with Crippen LogP contribution >= 0.6 is 0 Å². The number of benzene rings is 1. The van der Waals surface area contributed by atoms with Crippen LogP contribution in [0.3, 0.4) is 0 Å². The largest absolute Gasteiger partial charge is 0.314 e. The van der Waals surface area contributed by atoms with Crippen molar-refractivity contribution in [3.63, 3.8) is 0 Å². The van der Waals surface area contributed by atoms with Crippen molar-refractivity contribution in [1.29, 1.82) is 0 Å². The van der Waals surface area contributed by atoms with Crippen LogP contribution in [0.2, 0.25) is 0 Å². The van der Waals surface area contributed by atoms with E-state index < -0.39 is 11.6 Å². The second kappa shape index (κ2) is 6.83. The molecule has 1 N–H and O–H groups in total. The van der Waals surface area contributed by atoms with Gasteiger partial charge in [0.15, 0.2) is 11.6 Å². The molecule has 0 aromatic heterocycles. The van der Waals surface area contributed by atoms with Crippen LogP contribution in [0.5, 0.6) is 0 Å². The summed E-state index contributed by atoms with van der Waals surface area (Å²) in [6, 6.07) is 4.56. The second-order valence-electron chi connectivity index (χ2n) is 5.18. The van der Waals surface area contributed by atoms with Crippen LogP contribution in [0.1, 0.15) is 33.3 Å². The Labute approximate surface area is 109 Å². The van der Waals surface area contributed by atoms with Crippen molar-refractivity contribution in [1.82, 2.24) is 5.32 Å². The Balaban J connectivity index is 2.86. The molecule has 0 aliphatic carbocycles. The van der Waals surface area contributed by atoms with Crippen LogP contribution in [0.25, 0.3) is 0 Å². The SMILES string of the molecule is CCNC(Cc1cccc(F)c1F)C(C)C(C)C. The van der Waals surface area contributed by atoms with E-state index in [1.54, 1.807) is 12.1 Å². The van der Waals surface area contributed by atoms with Gasteiger partial charge in [-0.05, 0) is 36.4 Å². The van der Waals surface area contributed by atoms with Gasteiger partial charge in [0.1, 0.15) is 0 Å². The minimum atomic E-state index is -0.764. The Morgan fingerprint density at radius 3 is 2.39 bits per heavy atom. The van der Waals surface area contributed by atoms with E-state index in [1.165, 1.54) is 0 Å². The average molecular weight is 255 g/mol. The number of hydrogen-bond acceptors (Lipinski definition) is 1. The Morgan fingerprint density at radius 1 is 1.17 bits per heavy atom. The summed E-state index contributed by atoms with van der Waals surface area (Å²) in [5, 5.41) is 3.37. The van der Waals surface area contributed by atoms with Crippen molar-refractivity contribution in [3.8, 4) is 0 Å². The number of hydrogen-bond donors (Lipinski definition) is 1. The molecule has 0 saturated carbocycles. The minimum absolute atomic E-state index is 0.172. The van der Waals surface area contributed by atoms with Crippen molar-refractivity contribution in [2.75, 3.05) is 6.54 Å². The summed E-state index contributed by atoms with van der Waals surface area (Å²) in [5.74, 6) is -0.561. The monoisotopic (exact) mass is 255 g/mol. The molecule has 1 rings (SSSR count). The molecule has 0 aliphatic heterocycles. The molecule has 3 heteroatoms. The van der Waals surface area contributed by atoms with Gasteiger partial charge in [0, 0.05) is 6.04 Å². The lowest BCUT2D eigenvalue weighted by Crippen LogP contribution is -2.39. The zero-order valence-electron chi connectivity index (χ0n) is 11.6. The number of rotatable bonds is 6. The molecule has 0 radical (unpaired) electrons. The van der Waals surface area contributed by atoms with Gasteiger partial charge < -0.3 is 5.32 Å². The number of halogens is 2. The summed E-state index contributed by atoms with van der Waals surface area (Å²) in [6.07, 6.45) is 0.525. The first-order valence-corrected chi connectivity index (χ1v) is 6.63. The Morgan fingerprint density at radius 2 is 1.83 bits per heavy atom. The van der Waals surface area contributed by atoms with E-state index in [1.807, 2.05) is 6.92 Å². The van der Waals surface area contributed by atoms with Crippen molar-refractivity contribution in [3.05, 3.63) is 35.4 Å². The molecule has 18 heavy (non-hydrogen) atoms. The molecule has 0 saturated heterocycles. The van der Waals surface area contributed by atoms with E-state index in [4.69, 9.17) is 0 Å². The highest BCUT2D eigenvalue weighted by molar-refractivity contribution is 5.20. The molecule has 102 valence electrons. The first kappa shape index (κ1) is 15.1. The predicted molar refractivity (Wildman–Crippen MR) is 71.5 cm³/mol. The Kier molecular flexibility index (Phi) is 5.73. The molecule has 2 unspecified atom stereocenters. The van der Waals surface area contributed by atoms with Crippen LogP contribution in [-0.2, 0) is 6.42 Å². The highest BCUT2D eigenvalue weighted by Crippen LogP contribution is 2.20. The van der Waals surface area contributed by atoms with Gasteiger partial charge in [-0.25, -0.2) is 8.78 Å². The average Bonchev–Trinajstić information content (AvgIpc) is 2.33. The lowest BCUT2D eigenvalue weighted by molar-refractivity contribution is 0.297. The predicted octanol–water partition coefficient (Wildman–Crippen LogP) is 3.78. The molecule has 2 atom stereocenters. The molecule has 0 spiro atoms. The van der Waals surface area contributed by atoms with Gasteiger partial charge in [0.25, 0.3) is 0 Å². The Bertz CT molecular complexity index is 377. The summed E-state index contributed by atoms with van der Waals surface area (Å²) in [7, 11) is 0. The second-order valence-corrected chi connectivity index (χ2v) is 5.18. The highest BCUT2D eigenvalue weighted by atomic mass is 19.2. The maximum atomic E-state index is 13.7. The topological polar surface area (TPSA) is 12.0 Å². The molecular weight excluding hydrogens is 232 g/mol. The van der Waals surface area contributed by atoms with Gasteiger partial charge in [-0.15, -0.1) is 0 Å². The molecule has 0 bridgehead atoms. The lowest BCUT2D eigenvalue weighted by Gasteiger charge is -2.28. The van der Waals surface area contributed by atoms with Crippen LogP contribution < -0.4 is 5.32 Å². The molecule has 1 aromatic carbocycles. The minimum Gasteiger partial charge on any atom is -0.314 e. The van der Waals surface area contributed by atoms with Crippen LogP contribution in [0, 0.1) is 23.5 Å². The normalized spacial score (nSPS) is 14.8. The van der Waals surface area contributed by atoms with E-state index in [2.05, 4.69) is 26.1 Å². The fraction of sp³-hybridized carbons (Fsp3) is 0.600. The van der Waals surface area contributed by atoms with Crippen LogP contribution in [0.15, 0.2) is 18.2 Å². The van der Waals surface area contributed by atoms with E-state index in [0.29, 0.717) is 23.8 Å². The fourth-order valence-electron chi connectivity index (χ4n) is 2.11. The van der Waals surface area contributed by atoms with Crippen LogP contribution in [0.4, 0.5) is 8.78 Å². The number of likely N-dealkylation sites (N-methyl/N-ethyl adjacent to an activating group) is 1. The third kappa shape index (κ3) is 3.77. The fourth-order valence-corrected chi connectivity index (χ4v) is 2.11. The smallest absolute Gasteiger partial charge is 0.162 e. The first-order chi connectivity index (χ1) is 8.47. The molecular formula is C15H23F2N. The molecule has 0 fully saturated rings. The lowest BCUT2D eigenvalue weighted by atomic mass is 9.86. The van der Waals surface area contributed by atoms with Crippen molar-refractivity contribution >= 4 is 0 Å². The van der Waals surface area contributed by atoms with E-state index in [0.717, 1.165) is 12.6 Å². The maximum absolute atomic E-state index is 13.7. The van der Waals surface area contributed by atoms with E-state index in [-0.39, 0.29) is 6.04 Å². The Hall–Kier alpha value is -0.960. The molecule has 1 aromatic rings. The van der Waals surface area contributed by atoms with E-state index >= 15 is 0 Å². The zero-order chi connectivity index (χ0) is 13.7. The number of nitrogens with one attached hydrogen (secondary N) is 1.